The van der Waals surface area contributed by atoms with Crippen LogP contribution in [0, 0.1) is 5.82 Å². The first kappa shape index (κ1) is 13.1. The first-order valence-corrected chi connectivity index (χ1v) is 6.60. The van der Waals surface area contributed by atoms with Gasteiger partial charge in [-0.1, -0.05) is 30.0 Å². The van der Waals surface area contributed by atoms with Crippen molar-refractivity contribution >= 4 is 11.8 Å². The minimum atomic E-state index is -0.222. The number of benzene rings is 1. The summed E-state index contributed by atoms with van der Waals surface area (Å²) in [6.07, 6.45) is 2.46. The van der Waals surface area contributed by atoms with Crippen LogP contribution in [0.25, 0.3) is 0 Å². The van der Waals surface area contributed by atoms with Crippen molar-refractivity contribution in [3.05, 3.63) is 54.0 Å². The molecular formula is C14H15FN2S. The fourth-order valence-electron chi connectivity index (χ4n) is 1.65. The minimum absolute atomic E-state index is 0.0640. The molecule has 0 saturated carbocycles. The Labute approximate surface area is 110 Å². The molecule has 94 valence electrons. The maximum Gasteiger partial charge on any atom is 0.137 e. The van der Waals surface area contributed by atoms with E-state index in [1.165, 1.54) is 17.8 Å². The Bertz CT molecular complexity index is 529. The van der Waals surface area contributed by atoms with E-state index in [9.17, 15) is 4.39 Å². The first-order valence-electron chi connectivity index (χ1n) is 5.78. The van der Waals surface area contributed by atoms with Crippen molar-refractivity contribution in [2.75, 3.05) is 0 Å². The molecule has 1 aromatic carbocycles. The van der Waals surface area contributed by atoms with Gasteiger partial charge in [0, 0.05) is 17.1 Å². The van der Waals surface area contributed by atoms with Gasteiger partial charge in [0.25, 0.3) is 0 Å². The van der Waals surface area contributed by atoms with E-state index in [0.717, 1.165) is 17.0 Å². The van der Waals surface area contributed by atoms with Crippen LogP contribution in [-0.2, 0) is 6.42 Å². The molecule has 0 radical (unpaired) electrons. The van der Waals surface area contributed by atoms with Crippen molar-refractivity contribution in [1.29, 1.82) is 0 Å². The standard InChI is InChI=1S/C14H15FN2S/c1-10(16)9-11-5-4-8-17-14(11)18-13-7-3-2-6-12(13)15/h2-8,10H,9,16H2,1H3. The largest absolute Gasteiger partial charge is 0.328 e. The predicted octanol–water partition coefficient (Wildman–Crippen LogP) is 3.26. The molecule has 0 amide bonds. The van der Waals surface area contributed by atoms with Crippen LogP contribution in [0.5, 0.6) is 0 Å². The smallest absolute Gasteiger partial charge is 0.137 e. The lowest BCUT2D eigenvalue weighted by atomic mass is 10.1. The Hall–Kier alpha value is -1.39. The molecule has 0 bridgehead atoms. The van der Waals surface area contributed by atoms with E-state index in [1.54, 1.807) is 18.3 Å². The van der Waals surface area contributed by atoms with Crippen LogP contribution in [0.1, 0.15) is 12.5 Å². The summed E-state index contributed by atoms with van der Waals surface area (Å²) >= 11 is 1.34. The van der Waals surface area contributed by atoms with Gasteiger partial charge in [0.05, 0.1) is 0 Å². The molecule has 1 heterocycles. The van der Waals surface area contributed by atoms with Crippen molar-refractivity contribution in [1.82, 2.24) is 4.98 Å². The van der Waals surface area contributed by atoms with E-state index >= 15 is 0 Å². The highest BCUT2D eigenvalue weighted by molar-refractivity contribution is 7.99. The van der Waals surface area contributed by atoms with Crippen LogP contribution in [0.3, 0.4) is 0 Å². The lowest BCUT2D eigenvalue weighted by Gasteiger charge is -2.10. The molecule has 0 spiro atoms. The molecule has 18 heavy (non-hydrogen) atoms. The van der Waals surface area contributed by atoms with E-state index in [4.69, 9.17) is 5.73 Å². The quantitative estimate of drug-likeness (QED) is 0.919. The fourth-order valence-corrected chi connectivity index (χ4v) is 2.57. The number of halogens is 1. The number of rotatable bonds is 4. The van der Waals surface area contributed by atoms with Crippen molar-refractivity contribution < 1.29 is 4.39 Å². The second-order valence-corrected chi connectivity index (χ2v) is 5.21. The van der Waals surface area contributed by atoms with Gasteiger partial charge in [-0.05, 0) is 37.1 Å². The van der Waals surface area contributed by atoms with Gasteiger partial charge in [-0.3, -0.25) is 0 Å². The van der Waals surface area contributed by atoms with Crippen molar-refractivity contribution in [2.45, 2.75) is 29.3 Å². The Morgan fingerprint density at radius 2 is 2.06 bits per heavy atom. The maximum absolute atomic E-state index is 13.6. The lowest BCUT2D eigenvalue weighted by molar-refractivity contribution is 0.602. The monoisotopic (exact) mass is 262 g/mol. The van der Waals surface area contributed by atoms with E-state index < -0.39 is 0 Å². The number of hydrogen-bond donors (Lipinski definition) is 1. The lowest BCUT2D eigenvalue weighted by Crippen LogP contribution is -2.18. The Balaban J connectivity index is 2.26. The summed E-state index contributed by atoms with van der Waals surface area (Å²) in [6, 6.07) is 10.6. The third-order valence-corrected chi connectivity index (χ3v) is 3.55. The molecular weight excluding hydrogens is 247 g/mol. The van der Waals surface area contributed by atoms with Gasteiger partial charge in [-0.2, -0.15) is 0 Å². The molecule has 1 aromatic heterocycles. The Kier molecular flexibility index (Phi) is 4.33. The SMILES string of the molecule is CC(N)Cc1cccnc1Sc1ccccc1F. The molecule has 1 unspecified atom stereocenters. The van der Waals surface area contributed by atoms with E-state index in [2.05, 4.69) is 4.98 Å². The number of aromatic nitrogens is 1. The van der Waals surface area contributed by atoms with Crippen LogP contribution in [0.4, 0.5) is 4.39 Å². The Morgan fingerprint density at radius 3 is 2.78 bits per heavy atom. The van der Waals surface area contributed by atoms with Crippen LogP contribution in [0.15, 0.2) is 52.5 Å². The maximum atomic E-state index is 13.6. The van der Waals surface area contributed by atoms with Gasteiger partial charge < -0.3 is 5.73 Å². The highest BCUT2D eigenvalue weighted by Crippen LogP contribution is 2.30. The third kappa shape index (κ3) is 3.31. The predicted molar refractivity (Wildman–Crippen MR) is 72.1 cm³/mol. The van der Waals surface area contributed by atoms with Gasteiger partial charge in [-0.15, -0.1) is 0 Å². The normalized spacial score (nSPS) is 12.4. The Morgan fingerprint density at radius 1 is 1.28 bits per heavy atom. The van der Waals surface area contributed by atoms with Gasteiger partial charge >= 0.3 is 0 Å². The second kappa shape index (κ2) is 5.98. The zero-order chi connectivity index (χ0) is 13.0. The van der Waals surface area contributed by atoms with Crippen LogP contribution >= 0.6 is 11.8 Å². The second-order valence-electron chi connectivity index (χ2n) is 4.18. The topological polar surface area (TPSA) is 38.9 Å². The average molecular weight is 262 g/mol. The molecule has 2 nitrogen and oxygen atoms in total. The molecule has 0 fully saturated rings. The van der Waals surface area contributed by atoms with E-state index in [1.807, 2.05) is 25.1 Å². The molecule has 1 atom stereocenters. The first-order chi connectivity index (χ1) is 8.66. The summed E-state index contributed by atoms with van der Waals surface area (Å²) in [6.45, 7) is 1.95. The summed E-state index contributed by atoms with van der Waals surface area (Å²) in [5, 5.41) is 0.819. The van der Waals surface area contributed by atoms with Gasteiger partial charge in [-0.25, -0.2) is 9.37 Å². The molecule has 0 aliphatic heterocycles. The minimum Gasteiger partial charge on any atom is -0.328 e. The zero-order valence-electron chi connectivity index (χ0n) is 10.1. The summed E-state index contributed by atoms with van der Waals surface area (Å²) in [5.74, 6) is -0.222. The van der Waals surface area contributed by atoms with Gasteiger partial charge in [0.2, 0.25) is 0 Å². The van der Waals surface area contributed by atoms with Crippen LogP contribution in [0.2, 0.25) is 0 Å². The van der Waals surface area contributed by atoms with Gasteiger partial charge in [0.1, 0.15) is 10.8 Å². The number of pyridine rings is 1. The molecule has 0 aliphatic carbocycles. The summed E-state index contributed by atoms with van der Waals surface area (Å²) < 4.78 is 13.6. The highest BCUT2D eigenvalue weighted by Gasteiger charge is 2.09. The molecule has 2 N–H and O–H groups in total. The molecule has 0 saturated heterocycles. The fraction of sp³-hybridized carbons (Fsp3) is 0.214. The molecule has 2 rings (SSSR count). The van der Waals surface area contributed by atoms with Gasteiger partial charge in [0.15, 0.2) is 0 Å². The van der Waals surface area contributed by atoms with Crippen molar-refractivity contribution in [3.63, 3.8) is 0 Å². The number of nitrogens with zero attached hydrogens (tertiary/aromatic N) is 1. The summed E-state index contributed by atoms with van der Waals surface area (Å²) in [7, 11) is 0. The third-order valence-electron chi connectivity index (χ3n) is 2.44. The van der Waals surface area contributed by atoms with Crippen LogP contribution in [-0.4, -0.2) is 11.0 Å². The van der Waals surface area contributed by atoms with Crippen molar-refractivity contribution in [3.8, 4) is 0 Å². The molecule has 4 heteroatoms. The van der Waals surface area contributed by atoms with E-state index in [-0.39, 0.29) is 11.9 Å². The molecule has 0 aliphatic rings. The summed E-state index contributed by atoms with van der Waals surface area (Å²) in [5.41, 5.74) is 6.86. The van der Waals surface area contributed by atoms with Crippen LogP contribution < -0.4 is 5.73 Å². The highest BCUT2D eigenvalue weighted by atomic mass is 32.2. The van der Waals surface area contributed by atoms with E-state index in [0.29, 0.717) is 4.90 Å². The molecule has 2 aromatic rings. The average Bonchev–Trinajstić information content (AvgIpc) is 2.34. The zero-order valence-corrected chi connectivity index (χ0v) is 11.0. The van der Waals surface area contributed by atoms with Crippen molar-refractivity contribution in [2.24, 2.45) is 5.73 Å². The summed E-state index contributed by atoms with van der Waals surface area (Å²) in [4.78, 5) is 4.89. The number of nitrogens with two attached hydrogens (primary N) is 1. The number of hydrogen-bond acceptors (Lipinski definition) is 3.